The summed E-state index contributed by atoms with van der Waals surface area (Å²) in [7, 11) is 2.16. The van der Waals surface area contributed by atoms with E-state index < -0.39 is 0 Å². The Morgan fingerprint density at radius 3 is 2.87 bits per heavy atom. The van der Waals surface area contributed by atoms with E-state index in [0.29, 0.717) is 18.3 Å². The van der Waals surface area contributed by atoms with E-state index in [4.69, 9.17) is 13.7 Å². The molecule has 2 aliphatic rings. The van der Waals surface area contributed by atoms with Gasteiger partial charge in [-0.3, -0.25) is 4.90 Å². The first kappa shape index (κ1) is 14.9. The summed E-state index contributed by atoms with van der Waals surface area (Å²) in [5.74, 6) is 3.00. The molecule has 4 heterocycles. The highest BCUT2D eigenvalue weighted by molar-refractivity contribution is 5.44. The zero-order valence-corrected chi connectivity index (χ0v) is 13.4. The van der Waals surface area contributed by atoms with Gasteiger partial charge in [-0.1, -0.05) is 5.16 Å². The number of ether oxygens (including phenoxy) is 1. The van der Waals surface area contributed by atoms with Gasteiger partial charge >= 0.3 is 0 Å². The van der Waals surface area contributed by atoms with Gasteiger partial charge in [0.2, 0.25) is 0 Å². The van der Waals surface area contributed by atoms with Gasteiger partial charge in [0.25, 0.3) is 5.89 Å². The molecule has 0 aromatic carbocycles. The molecule has 0 amide bonds. The number of likely N-dealkylation sites (N-methyl/N-ethyl adjacent to an activating group) is 1. The van der Waals surface area contributed by atoms with E-state index in [2.05, 4.69) is 27.0 Å². The molecule has 2 aliphatic heterocycles. The summed E-state index contributed by atoms with van der Waals surface area (Å²) in [6.07, 6.45) is 0.950. The maximum absolute atomic E-state index is 5.89. The molecule has 23 heavy (non-hydrogen) atoms. The highest BCUT2D eigenvalue weighted by Crippen LogP contribution is 2.26. The Morgan fingerprint density at radius 2 is 2.09 bits per heavy atom. The van der Waals surface area contributed by atoms with Crippen molar-refractivity contribution >= 4 is 0 Å². The van der Waals surface area contributed by atoms with Crippen LogP contribution < -0.4 is 0 Å². The molecule has 2 saturated heterocycles. The third-order valence-corrected chi connectivity index (χ3v) is 4.58. The lowest BCUT2D eigenvalue weighted by Gasteiger charge is -2.31. The largest absolute Gasteiger partial charge is 0.455 e. The van der Waals surface area contributed by atoms with Crippen molar-refractivity contribution in [2.45, 2.75) is 18.9 Å². The summed E-state index contributed by atoms with van der Waals surface area (Å²) in [6, 6.07) is 3.91. The molecule has 2 aromatic heterocycles. The fraction of sp³-hybridized carbons (Fsp3) is 0.625. The average molecular weight is 318 g/mol. The lowest BCUT2D eigenvalue weighted by Crippen LogP contribution is -2.43. The van der Waals surface area contributed by atoms with Gasteiger partial charge in [0, 0.05) is 38.7 Å². The highest BCUT2D eigenvalue weighted by Gasteiger charge is 2.24. The van der Waals surface area contributed by atoms with Gasteiger partial charge in [-0.2, -0.15) is 4.98 Å². The standard InChI is InChI=1S/C16H22N4O3/c1-19-5-7-20(8-6-19)10-13-2-3-14(22-13)16-17-15(18-23-16)12-4-9-21-11-12/h2-3,12H,4-11H2,1H3/t12-/m0/s1. The molecule has 0 saturated carbocycles. The first-order valence-electron chi connectivity index (χ1n) is 8.19. The monoisotopic (exact) mass is 318 g/mol. The SMILES string of the molecule is CN1CCN(Cc2ccc(-c3nc([C@H]4CCOC4)no3)o2)CC1. The number of rotatable bonds is 4. The Balaban J connectivity index is 1.41. The van der Waals surface area contributed by atoms with Crippen LogP contribution in [0.25, 0.3) is 11.7 Å². The molecule has 2 fully saturated rings. The second-order valence-electron chi connectivity index (χ2n) is 6.36. The molecule has 7 heteroatoms. The van der Waals surface area contributed by atoms with E-state index in [1.807, 2.05) is 12.1 Å². The maximum atomic E-state index is 5.89. The molecule has 0 N–H and O–H groups in total. The van der Waals surface area contributed by atoms with E-state index >= 15 is 0 Å². The minimum atomic E-state index is 0.243. The molecule has 0 spiro atoms. The maximum Gasteiger partial charge on any atom is 0.293 e. The molecule has 124 valence electrons. The molecule has 0 unspecified atom stereocenters. The van der Waals surface area contributed by atoms with Crippen molar-refractivity contribution in [1.29, 1.82) is 0 Å². The van der Waals surface area contributed by atoms with Gasteiger partial charge in [0.05, 0.1) is 13.2 Å². The molecular weight excluding hydrogens is 296 g/mol. The summed E-state index contributed by atoms with van der Waals surface area (Å²) in [6.45, 7) is 6.60. The predicted octanol–water partition coefficient (Wildman–Crippen LogP) is 1.58. The number of hydrogen-bond acceptors (Lipinski definition) is 7. The van der Waals surface area contributed by atoms with E-state index in [9.17, 15) is 0 Å². The Morgan fingerprint density at radius 1 is 1.22 bits per heavy atom. The van der Waals surface area contributed by atoms with Crippen molar-refractivity contribution in [3.8, 4) is 11.7 Å². The van der Waals surface area contributed by atoms with Crippen molar-refractivity contribution < 1.29 is 13.7 Å². The van der Waals surface area contributed by atoms with E-state index in [0.717, 1.165) is 57.3 Å². The van der Waals surface area contributed by atoms with Gasteiger partial charge in [-0.25, -0.2) is 0 Å². The summed E-state index contributed by atoms with van der Waals surface area (Å²) >= 11 is 0. The van der Waals surface area contributed by atoms with Crippen molar-refractivity contribution in [3.63, 3.8) is 0 Å². The van der Waals surface area contributed by atoms with Crippen LogP contribution in [0, 0.1) is 0 Å². The minimum Gasteiger partial charge on any atom is -0.455 e. The lowest BCUT2D eigenvalue weighted by molar-refractivity contribution is 0.140. The number of aromatic nitrogens is 2. The second kappa shape index (κ2) is 6.43. The molecule has 0 bridgehead atoms. The Bertz CT molecular complexity index is 639. The van der Waals surface area contributed by atoms with Crippen molar-refractivity contribution in [1.82, 2.24) is 19.9 Å². The molecule has 2 aromatic rings. The fourth-order valence-electron chi connectivity index (χ4n) is 3.04. The van der Waals surface area contributed by atoms with Crippen LogP contribution in [-0.4, -0.2) is 66.4 Å². The Kier molecular flexibility index (Phi) is 4.15. The van der Waals surface area contributed by atoms with E-state index in [1.165, 1.54) is 0 Å². The minimum absolute atomic E-state index is 0.243. The molecule has 0 aliphatic carbocycles. The van der Waals surface area contributed by atoms with Crippen LogP contribution in [0.4, 0.5) is 0 Å². The first-order valence-corrected chi connectivity index (χ1v) is 8.19. The van der Waals surface area contributed by atoms with Crippen LogP contribution in [-0.2, 0) is 11.3 Å². The van der Waals surface area contributed by atoms with Crippen LogP contribution in [0.1, 0.15) is 23.9 Å². The van der Waals surface area contributed by atoms with Gasteiger partial charge in [0.15, 0.2) is 11.6 Å². The van der Waals surface area contributed by atoms with Crippen LogP contribution in [0.2, 0.25) is 0 Å². The van der Waals surface area contributed by atoms with Crippen LogP contribution >= 0.6 is 0 Å². The van der Waals surface area contributed by atoms with Gasteiger partial charge in [0.1, 0.15) is 5.76 Å². The van der Waals surface area contributed by atoms with E-state index in [1.54, 1.807) is 0 Å². The number of piperazine rings is 1. The summed E-state index contributed by atoms with van der Waals surface area (Å²) in [5, 5.41) is 4.07. The number of furan rings is 1. The highest BCUT2D eigenvalue weighted by atomic mass is 16.5. The first-order chi connectivity index (χ1) is 11.3. The van der Waals surface area contributed by atoms with E-state index in [-0.39, 0.29) is 5.92 Å². The van der Waals surface area contributed by atoms with Crippen LogP contribution in [0.15, 0.2) is 21.1 Å². The van der Waals surface area contributed by atoms with Gasteiger partial charge < -0.3 is 18.6 Å². The van der Waals surface area contributed by atoms with Crippen LogP contribution in [0.3, 0.4) is 0 Å². The zero-order chi connectivity index (χ0) is 15.6. The average Bonchev–Trinajstić information content (AvgIpc) is 3.30. The van der Waals surface area contributed by atoms with Crippen LogP contribution in [0.5, 0.6) is 0 Å². The molecule has 0 radical (unpaired) electrons. The van der Waals surface area contributed by atoms with Crippen molar-refractivity contribution in [3.05, 3.63) is 23.7 Å². The third kappa shape index (κ3) is 3.31. The second-order valence-corrected chi connectivity index (χ2v) is 6.36. The smallest absolute Gasteiger partial charge is 0.293 e. The van der Waals surface area contributed by atoms with Gasteiger partial charge in [-0.15, -0.1) is 0 Å². The molecule has 1 atom stereocenters. The lowest BCUT2D eigenvalue weighted by atomic mass is 10.1. The fourth-order valence-corrected chi connectivity index (χ4v) is 3.04. The summed E-state index contributed by atoms with van der Waals surface area (Å²) in [5.41, 5.74) is 0. The van der Waals surface area contributed by atoms with Crippen molar-refractivity contribution in [2.75, 3.05) is 46.4 Å². The summed E-state index contributed by atoms with van der Waals surface area (Å²) < 4.78 is 16.6. The summed E-state index contributed by atoms with van der Waals surface area (Å²) in [4.78, 5) is 9.21. The molecule has 7 nitrogen and oxygen atoms in total. The topological polar surface area (TPSA) is 67.8 Å². The number of nitrogens with zero attached hydrogens (tertiary/aromatic N) is 4. The Hall–Kier alpha value is -1.70. The molecular formula is C16H22N4O3. The quantitative estimate of drug-likeness (QED) is 0.848. The normalized spacial score (nSPS) is 23.6. The zero-order valence-electron chi connectivity index (χ0n) is 13.4. The predicted molar refractivity (Wildman–Crippen MR) is 83.0 cm³/mol. The third-order valence-electron chi connectivity index (χ3n) is 4.58. The number of hydrogen-bond donors (Lipinski definition) is 0. The van der Waals surface area contributed by atoms with Gasteiger partial charge in [-0.05, 0) is 25.6 Å². The molecule has 4 rings (SSSR count). The van der Waals surface area contributed by atoms with Crippen molar-refractivity contribution in [2.24, 2.45) is 0 Å². The Labute approximate surface area is 135 Å².